The number of thioether (sulfide) groups is 1. The van der Waals surface area contributed by atoms with Gasteiger partial charge in [-0.2, -0.15) is 0 Å². The largest absolute Gasteiger partial charge is 0.468 e. The number of aromatic nitrogens is 4. The van der Waals surface area contributed by atoms with E-state index in [0.717, 1.165) is 6.42 Å². The van der Waals surface area contributed by atoms with Crippen LogP contribution < -0.4 is 5.32 Å². The molecule has 1 rings (SSSR count). The number of carbonyl (C=O) groups excluding carboxylic acids is 2. The van der Waals surface area contributed by atoms with E-state index in [0.29, 0.717) is 18.3 Å². The maximum Gasteiger partial charge on any atom is 0.327 e. The standard InChI is InChI=1S/C11H19N5O4S/c1-8(10(18)12-5-4-6-19-2)21-11-13-14-15-16(11)7-9(17)20-3/h8H,4-7H2,1-3H3,(H,12,18). The Morgan fingerprint density at radius 1 is 1.43 bits per heavy atom. The predicted molar refractivity (Wildman–Crippen MR) is 74.7 cm³/mol. The molecule has 0 aliphatic carbocycles. The van der Waals surface area contributed by atoms with E-state index in [-0.39, 0.29) is 17.7 Å². The van der Waals surface area contributed by atoms with Crippen molar-refractivity contribution in [2.45, 2.75) is 30.3 Å². The lowest BCUT2D eigenvalue weighted by molar-refractivity contribution is -0.141. The molecule has 1 aromatic rings. The van der Waals surface area contributed by atoms with Crippen molar-refractivity contribution >= 4 is 23.6 Å². The van der Waals surface area contributed by atoms with Crippen LogP contribution in [0.4, 0.5) is 0 Å². The van der Waals surface area contributed by atoms with Crippen molar-refractivity contribution in [1.29, 1.82) is 0 Å². The van der Waals surface area contributed by atoms with Crippen LogP contribution in [0.1, 0.15) is 13.3 Å². The van der Waals surface area contributed by atoms with Gasteiger partial charge in [-0.1, -0.05) is 11.8 Å². The molecule has 1 aromatic heterocycles. The van der Waals surface area contributed by atoms with Crippen molar-refractivity contribution < 1.29 is 19.1 Å². The van der Waals surface area contributed by atoms with Gasteiger partial charge in [0.1, 0.15) is 6.54 Å². The number of rotatable bonds is 9. The summed E-state index contributed by atoms with van der Waals surface area (Å²) in [4.78, 5) is 23.1. The molecule has 10 heteroatoms. The molecule has 0 aromatic carbocycles. The van der Waals surface area contributed by atoms with Crippen molar-refractivity contribution in [3.63, 3.8) is 0 Å². The topological polar surface area (TPSA) is 108 Å². The van der Waals surface area contributed by atoms with E-state index in [2.05, 4.69) is 25.6 Å². The molecule has 0 aliphatic heterocycles. The zero-order valence-electron chi connectivity index (χ0n) is 12.2. The molecule has 0 aliphatic rings. The fraction of sp³-hybridized carbons (Fsp3) is 0.727. The Morgan fingerprint density at radius 2 is 2.19 bits per heavy atom. The summed E-state index contributed by atoms with van der Waals surface area (Å²) in [7, 11) is 2.90. The van der Waals surface area contributed by atoms with Crippen molar-refractivity contribution in [3.05, 3.63) is 0 Å². The smallest absolute Gasteiger partial charge is 0.327 e. The van der Waals surface area contributed by atoms with Gasteiger partial charge in [0.05, 0.1) is 12.4 Å². The molecule has 1 heterocycles. The summed E-state index contributed by atoms with van der Waals surface area (Å²) >= 11 is 1.18. The van der Waals surface area contributed by atoms with E-state index in [1.807, 2.05) is 0 Å². The van der Waals surface area contributed by atoms with Gasteiger partial charge in [0.15, 0.2) is 0 Å². The normalized spacial score (nSPS) is 12.0. The van der Waals surface area contributed by atoms with Gasteiger partial charge in [-0.15, -0.1) is 5.10 Å². The van der Waals surface area contributed by atoms with E-state index in [1.54, 1.807) is 14.0 Å². The minimum atomic E-state index is -0.458. The molecule has 21 heavy (non-hydrogen) atoms. The first-order chi connectivity index (χ1) is 10.1. The first-order valence-corrected chi connectivity index (χ1v) is 7.22. The predicted octanol–water partition coefficient (Wildman–Crippen LogP) is -0.521. The first kappa shape index (κ1) is 17.4. The Bertz CT molecular complexity index is 467. The van der Waals surface area contributed by atoms with Crippen LogP contribution in [0.3, 0.4) is 0 Å². The molecule has 1 N–H and O–H groups in total. The van der Waals surface area contributed by atoms with Crippen molar-refractivity contribution in [2.24, 2.45) is 0 Å². The molecule has 118 valence electrons. The van der Waals surface area contributed by atoms with Crippen molar-refractivity contribution in [3.8, 4) is 0 Å². The number of hydrogen-bond acceptors (Lipinski definition) is 8. The van der Waals surface area contributed by atoms with Gasteiger partial charge >= 0.3 is 5.97 Å². The summed E-state index contributed by atoms with van der Waals surface area (Å²) in [5.74, 6) is -0.579. The molecular weight excluding hydrogens is 298 g/mol. The second kappa shape index (κ2) is 9.29. The third kappa shape index (κ3) is 6.08. The fourth-order valence-electron chi connectivity index (χ4n) is 1.35. The summed E-state index contributed by atoms with van der Waals surface area (Å²) in [6, 6.07) is 0. The van der Waals surface area contributed by atoms with Crippen molar-refractivity contribution in [1.82, 2.24) is 25.5 Å². The third-order valence-electron chi connectivity index (χ3n) is 2.48. The number of esters is 1. The molecule has 0 saturated heterocycles. The lowest BCUT2D eigenvalue weighted by Gasteiger charge is -2.11. The van der Waals surface area contributed by atoms with Gasteiger partial charge < -0.3 is 14.8 Å². The van der Waals surface area contributed by atoms with Crippen LogP contribution in [0.5, 0.6) is 0 Å². The fourth-order valence-corrected chi connectivity index (χ4v) is 2.16. The summed E-state index contributed by atoms with van der Waals surface area (Å²) < 4.78 is 10.8. The molecule has 1 atom stereocenters. The number of amides is 1. The average Bonchev–Trinajstić information content (AvgIpc) is 2.90. The van der Waals surface area contributed by atoms with E-state index >= 15 is 0 Å². The highest BCUT2D eigenvalue weighted by atomic mass is 32.2. The maximum absolute atomic E-state index is 11.9. The minimum absolute atomic E-state index is 0.0893. The Balaban J connectivity index is 2.47. The molecule has 0 radical (unpaired) electrons. The highest BCUT2D eigenvalue weighted by Gasteiger charge is 2.19. The molecular formula is C11H19N5O4S. The van der Waals surface area contributed by atoms with Crippen LogP contribution in [-0.4, -0.2) is 64.7 Å². The number of nitrogens with zero attached hydrogens (tertiary/aromatic N) is 4. The summed E-state index contributed by atoms with van der Waals surface area (Å²) in [5, 5.41) is 13.8. The molecule has 0 saturated carbocycles. The Morgan fingerprint density at radius 3 is 2.86 bits per heavy atom. The van der Waals surface area contributed by atoms with E-state index < -0.39 is 5.97 Å². The Labute approximate surface area is 126 Å². The highest BCUT2D eigenvalue weighted by molar-refractivity contribution is 8.00. The Hall–Kier alpha value is -1.68. The zero-order chi connectivity index (χ0) is 15.7. The van der Waals surface area contributed by atoms with E-state index in [9.17, 15) is 9.59 Å². The molecule has 1 amide bonds. The molecule has 0 spiro atoms. The van der Waals surface area contributed by atoms with Gasteiger partial charge in [0, 0.05) is 20.3 Å². The lowest BCUT2D eigenvalue weighted by Crippen LogP contribution is -2.32. The van der Waals surface area contributed by atoms with Gasteiger partial charge in [-0.3, -0.25) is 9.59 Å². The molecule has 0 bridgehead atoms. The zero-order valence-corrected chi connectivity index (χ0v) is 13.1. The maximum atomic E-state index is 11.9. The lowest BCUT2D eigenvalue weighted by atomic mass is 10.4. The second-order valence-electron chi connectivity index (χ2n) is 4.09. The summed E-state index contributed by atoms with van der Waals surface area (Å²) in [6.07, 6.45) is 0.750. The van der Waals surface area contributed by atoms with E-state index in [1.165, 1.54) is 23.6 Å². The molecule has 9 nitrogen and oxygen atoms in total. The number of nitrogens with one attached hydrogen (secondary N) is 1. The SMILES string of the molecule is COCCCNC(=O)C(C)Sc1nnnn1CC(=O)OC. The number of methoxy groups -OCH3 is 2. The summed E-state index contributed by atoms with van der Waals surface area (Å²) in [6.45, 7) is 2.80. The van der Waals surface area contributed by atoms with Crippen LogP contribution in [0.15, 0.2) is 5.16 Å². The van der Waals surface area contributed by atoms with Gasteiger partial charge in [0.2, 0.25) is 11.1 Å². The molecule has 1 unspecified atom stereocenters. The quantitative estimate of drug-likeness (QED) is 0.368. The van der Waals surface area contributed by atoms with Gasteiger partial charge in [-0.25, -0.2) is 4.68 Å². The second-order valence-corrected chi connectivity index (χ2v) is 5.40. The Kier molecular flexibility index (Phi) is 7.69. The first-order valence-electron chi connectivity index (χ1n) is 6.34. The van der Waals surface area contributed by atoms with Crippen LogP contribution in [0.25, 0.3) is 0 Å². The number of tetrazole rings is 1. The van der Waals surface area contributed by atoms with Gasteiger partial charge in [0.25, 0.3) is 0 Å². The van der Waals surface area contributed by atoms with Crippen molar-refractivity contribution in [2.75, 3.05) is 27.4 Å². The monoisotopic (exact) mass is 317 g/mol. The van der Waals surface area contributed by atoms with Crippen LogP contribution in [0, 0.1) is 0 Å². The van der Waals surface area contributed by atoms with Crippen LogP contribution >= 0.6 is 11.8 Å². The van der Waals surface area contributed by atoms with Crippen LogP contribution in [0.2, 0.25) is 0 Å². The minimum Gasteiger partial charge on any atom is -0.468 e. The molecule has 0 fully saturated rings. The van der Waals surface area contributed by atoms with Crippen LogP contribution in [-0.2, 0) is 25.6 Å². The average molecular weight is 317 g/mol. The number of carbonyl (C=O) groups is 2. The third-order valence-corrected chi connectivity index (χ3v) is 3.55. The van der Waals surface area contributed by atoms with E-state index in [4.69, 9.17) is 4.74 Å². The van der Waals surface area contributed by atoms with Gasteiger partial charge in [-0.05, 0) is 23.8 Å². The highest BCUT2D eigenvalue weighted by Crippen LogP contribution is 2.20. The summed E-state index contributed by atoms with van der Waals surface area (Å²) in [5.41, 5.74) is 0. The number of ether oxygens (including phenoxy) is 2. The number of hydrogen-bond donors (Lipinski definition) is 1.